The van der Waals surface area contributed by atoms with E-state index in [1.54, 1.807) is 0 Å². The van der Waals surface area contributed by atoms with E-state index in [0.717, 1.165) is 12.1 Å². The van der Waals surface area contributed by atoms with Gasteiger partial charge in [0.15, 0.2) is 0 Å². The Hall–Kier alpha value is -1.18. The zero-order valence-corrected chi connectivity index (χ0v) is 9.09. The SMILES string of the molecule is CC1CC(C)(C)Nc2ccc(N)cc21. The zero-order valence-electron chi connectivity index (χ0n) is 9.09. The summed E-state index contributed by atoms with van der Waals surface area (Å²) < 4.78 is 0. The van der Waals surface area contributed by atoms with Gasteiger partial charge in [-0.05, 0) is 49.9 Å². The van der Waals surface area contributed by atoms with Crippen molar-refractivity contribution in [3.63, 3.8) is 0 Å². The summed E-state index contributed by atoms with van der Waals surface area (Å²) in [5, 5.41) is 3.54. The third kappa shape index (κ3) is 1.57. The maximum atomic E-state index is 5.78. The highest BCUT2D eigenvalue weighted by molar-refractivity contribution is 5.62. The first-order chi connectivity index (χ1) is 6.48. The largest absolute Gasteiger partial charge is 0.399 e. The van der Waals surface area contributed by atoms with Crippen molar-refractivity contribution in [2.24, 2.45) is 0 Å². The van der Waals surface area contributed by atoms with Gasteiger partial charge in [-0.25, -0.2) is 0 Å². The van der Waals surface area contributed by atoms with E-state index in [1.165, 1.54) is 11.3 Å². The van der Waals surface area contributed by atoms with Crippen LogP contribution in [0.15, 0.2) is 18.2 Å². The van der Waals surface area contributed by atoms with Crippen LogP contribution in [0, 0.1) is 0 Å². The topological polar surface area (TPSA) is 38.0 Å². The first-order valence-corrected chi connectivity index (χ1v) is 5.15. The van der Waals surface area contributed by atoms with E-state index >= 15 is 0 Å². The molecule has 0 fully saturated rings. The Labute approximate surface area is 85.5 Å². The zero-order chi connectivity index (χ0) is 10.3. The van der Waals surface area contributed by atoms with E-state index < -0.39 is 0 Å². The molecule has 1 aliphatic rings. The minimum Gasteiger partial charge on any atom is -0.399 e. The third-order valence-corrected chi connectivity index (χ3v) is 2.90. The molecule has 3 N–H and O–H groups in total. The summed E-state index contributed by atoms with van der Waals surface area (Å²) in [5.41, 5.74) is 9.43. The van der Waals surface area contributed by atoms with Gasteiger partial charge in [0.25, 0.3) is 0 Å². The van der Waals surface area contributed by atoms with E-state index in [2.05, 4.69) is 38.2 Å². The molecular formula is C12H18N2. The molecule has 0 bridgehead atoms. The number of nitrogens with one attached hydrogen (secondary N) is 1. The molecule has 76 valence electrons. The van der Waals surface area contributed by atoms with Gasteiger partial charge in [0.1, 0.15) is 0 Å². The molecule has 1 aromatic rings. The van der Waals surface area contributed by atoms with Gasteiger partial charge in [0.2, 0.25) is 0 Å². The number of nitrogen functional groups attached to an aromatic ring is 1. The molecule has 1 atom stereocenters. The second kappa shape index (κ2) is 2.91. The number of benzene rings is 1. The fourth-order valence-electron chi connectivity index (χ4n) is 2.39. The smallest absolute Gasteiger partial charge is 0.0381 e. The minimum absolute atomic E-state index is 0.197. The van der Waals surface area contributed by atoms with Crippen molar-refractivity contribution in [2.45, 2.75) is 38.6 Å². The predicted molar refractivity (Wildman–Crippen MR) is 61.6 cm³/mol. The van der Waals surface area contributed by atoms with Crippen molar-refractivity contribution in [3.05, 3.63) is 23.8 Å². The van der Waals surface area contributed by atoms with E-state index in [0.29, 0.717) is 5.92 Å². The van der Waals surface area contributed by atoms with Gasteiger partial charge in [0.05, 0.1) is 0 Å². The second-order valence-electron chi connectivity index (χ2n) is 4.96. The summed E-state index contributed by atoms with van der Waals surface area (Å²) in [6.07, 6.45) is 1.16. The van der Waals surface area contributed by atoms with Crippen molar-refractivity contribution in [2.75, 3.05) is 11.1 Å². The first-order valence-electron chi connectivity index (χ1n) is 5.15. The van der Waals surface area contributed by atoms with Gasteiger partial charge in [-0.15, -0.1) is 0 Å². The fourth-order valence-corrected chi connectivity index (χ4v) is 2.39. The lowest BCUT2D eigenvalue weighted by atomic mass is 9.82. The number of hydrogen-bond acceptors (Lipinski definition) is 2. The van der Waals surface area contributed by atoms with Crippen LogP contribution in [0.2, 0.25) is 0 Å². The number of hydrogen-bond donors (Lipinski definition) is 2. The van der Waals surface area contributed by atoms with Crippen LogP contribution in [0.25, 0.3) is 0 Å². The van der Waals surface area contributed by atoms with Crippen LogP contribution >= 0.6 is 0 Å². The monoisotopic (exact) mass is 190 g/mol. The van der Waals surface area contributed by atoms with Gasteiger partial charge in [-0.3, -0.25) is 0 Å². The Balaban J connectivity index is 2.45. The second-order valence-corrected chi connectivity index (χ2v) is 4.96. The molecule has 2 heteroatoms. The van der Waals surface area contributed by atoms with Gasteiger partial charge in [0, 0.05) is 16.9 Å². The molecule has 0 radical (unpaired) electrons. The Morgan fingerprint density at radius 3 is 2.86 bits per heavy atom. The quantitative estimate of drug-likeness (QED) is 0.617. The fraction of sp³-hybridized carbons (Fsp3) is 0.500. The summed E-state index contributed by atoms with van der Waals surface area (Å²) in [6.45, 7) is 6.74. The van der Waals surface area contributed by atoms with Crippen LogP contribution in [0.1, 0.15) is 38.7 Å². The number of fused-ring (bicyclic) bond motifs is 1. The molecule has 0 saturated carbocycles. The van der Waals surface area contributed by atoms with Gasteiger partial charge < -0.3 is 11.1 Å². The Kier molecular flexibility index (Phi) is 1.95. The number of anilines is 2. The molecule has 0 aromatic heterocycles. The third-order valence-electron chi connectivity index (χ3n) is 2.90. The minimum atomic E-state index is 0.197. The summed E-state index contributed by atoms with van der Waals surface area (Å²) in [6, 6.07) is 6.13. The number of nitrogens with two attached hydrogens (primary N) is 1. The lowest BCUT2D eigenvalue weighted by molar-refractivity contribution is 0.454. The molecule has 0 amide bonds. The molecule has 1 aliphatic heterocycles. The lowest BCUT2D eigenvalue weighted by Crippen LogP contribution is -2.36. The highest BCUT2D eigenvalue weighted by atomic mass is 15.0. The molecule has 14 heavy (non-hydrogen) atoms. The van der Waals surface area contributed by atoms with Crippen LogP contribution in [-0.4, -0.2) is 5.54 Å². The maximum Gasteiger partial charge on any atom is 0.0381 e. The van der Waals surface area contributed by atoms with E-state index in [-0.39, 0.29) is 5.54 Å². The van der Waals surface area contributed by atoms with Crippen LogP contribution in [0.5, 0.6) is 0 Å². The first kappa shape index (κ1) is 9.38. The van der Waals surface area contributed by atoms with Crippen LogP contribution < -0.4 is 11.1 Å². The summed E-state index contributed by atoms with van der Waals surface area (Å²) >= 11 is 0. The van der Waals surface area contributed by atoms with Crippen LogP contribution in [0.4, 0.5) is 11.4 Å². The lowest BCUT2D eigenvalue weighted by Gasteiger charge is -2.37. The average molecular weight is 190 g/mol. The summed E-state index contributed by atoms with van der Waals surface area (Å²) in [4.78, 5) is 0. The van der Waals surface area contributed by atoms with Crippen molar-refractivity contribution in [3.8, 4) is 0 Å². The Morgan fingerprint density at radius 2 is 2.14 bits per heavy atom. The molecule has 1 unspecified atom stereocenters. The molecule has 2 rings (SSSR count). The van der Waals surface area contributed by atoms with Gasteiger partial charge in [-0.2, -0.15) is 0 Å². The van der Waals surface area contributed by atoms with Gasteiger partial charge in [-0.1, -0.05) is 6.92 Å². The van der Waals surface area contributed by atoms with Crippen molar-refractivity contribution in [1.29, 1.82) is 0 Å². The van der Waals surface area contributed by atoms with Crippen molar-refractivity contribution >= 4 is 11.4 Å². The average Bonchev–Trinajstić information content (AvgIpc) is 2.05. The summed E-state index contributed by atoms with van der Waals surface area (Å²) in [5.74, 6) is 0.588. The predicted octanol–water partition coefficient (Wildman–Crippen LogP) is 2.97. The molecule has 0 saturated heterocycles. The standard InChI is InChI=1S/C12H18N2/c1-8-7-12(2,3)14-11-5-4-9(13)6-10(8)11/h4-6,8,14H,7,13H2,1-3H3. The molecule has 0 aliphatic carbocycles. The maximum absolute atomic E-state index is 5.78. The Bertz CT molecular complexity index is 355. The van der Waals surface area contributed by atoms with Crippen molar-refractivity contribution in [1.82, 2.24) is 0 Å². The Morgan fingerprint density at radius 1 is 1.43 bits per heavy atom. The molecule has 0 spiro atoms. The molecule has 1 heterocycles. The highest BCUT2D eigenvalue weighted by Crippen LogP contribution is 2.39. The van der Waals surface area contributed by atoms with Crippen LogP contribution in [0.3, 0.4) is 0 Å². The van der Waals surface area contributed by atoms with E-state index in [4.69, 9.17) is 5.73 Å². The molecular weight excluding hydrogens is 172 g/mol. The van der Waals surface area contributed by atoms with E-state index in [1.807, 2.05) is 6.07 Å². The summed E-state index contributed by atoms with van der Waals surface area (Å²) in [7, 11) is 0. The normalized spacial score (nSPS) is 23.8. The van der Waals surface area contributed by atoms with Crippen LogP contribution in [-0.2, 0) is 0 Å². The molecule has 2 nitrogen and oxygen atoms in total. The van der Waals surface area contributed by atoms with Crippen molar-refractivity contribution < 1.29 is 0 Å². The van der Waals surface area contributed by atoms with Gasteiger partial charge >= 0.3 is 0 Å². The molecule has 1 aromatic carbocycles. The van der Waals surface area contributed by atoms with E-state index in [9.17, 15) is 0 Å². The number of rotatable bonds is 0. The highest BCUT2D eigenvalue weighted by Gasteiger charge is 2.28.